The lowest BCUT2D eigenvalue weighted by Crippen LogP contribution is -2.57. The van der Waals surface area contributed by atoms with E-state index in [2.05, 4.69) is 4.90 Å². The van der Waals surface area contributed by atoms with Crippen LogP contribution in [0.2, 0.25) is 0 Å². The van der Waals surface area contributed by atoms with E-state index in [0.29, 0.717) is 63.1 Å². The lowest BCUT2D eigenvalue weighted by atomic mass is 9.71. The molecule has 6 rings (SSSR count). The van der Waals surface area contributed by atoms with Gasteiger partial charge in [-0.2, -0.15) is 39.5 Å². The molecule has 3 aliphatic heterocycles. The summed E-state index contributed by atoms with van der Waals surface area (Å²) in [5.41, 5.74) is -4.24. The zero-order valence-corrected chi connectivity index (χ0v) is 28.1. The Morgan fingerprint density at radius 2 is 1.23 bits per heavy atom. The fourth-order valence-corrected chi connectivity index (χ4v) is 8.05. The molecule has 3 aromatic rings. The zero-order chi connectivity index (χ0) is 37.5. The molecule has 3 aliphatic rings. The number of carbonyl (C=O) groups excluding carboxylic acids is 2. The van der Waals surface area contributed by atoms with E-state index >= 15 is 0 Å². The normalized spacial score (nSPS) is 21.7. The predicted octanol–water partition coefficient (Wildman–Crippen LogP) is 8.62. The summed E-state index contributed by atoms with van der Waals surface area (Å²) in [4.78, 5) is 33.3. The smallest absolute Gasteiger partial charge is 0.342 e. The Morgan fingerprint density at radius 3 is 1.77 bits per heavy atom. The maximum atomic E-state index is 14.0. The lowest BCUT2D eigenvalue weighted by molar-refractivity contribution is -0.143. The minimum absolute atomic E-state index is 0.000561. The molecular formula is C38H38F9N3O2. The van der Waals surface area contributed by atoms with Crippen LogP contribution in [-0.4, -0.2) is 71.3 Å². The third kappa shape index (κ3) is 7.96. The molecule has 3 fully saturated rings. The molecule has 3 heterocycles. The van der Waals surface area contributed by atoms with Gasteiger partial charge < -0.3 is 14.7 Å². The summed E-state index contributed by atoms with van der Waals surface area (Å²) in [6.07, 6.45) is -11.3. The van der Waals surface area contributed by atoms with E-state index in [0.717, 1.165) is 30.5 Å². The molecule has 0 radical (unpaired) electrons. The Morgan fingerprint density at radius 1 is 0.673 bits per heavy atom. The first kappa shape index (κ1) is 37.7. The van der Waals surface area contributed by atoms with Gasteiger partial charge in [0.1, 0.15) is 0 Å². The summed E-state index contributed by atoms with van der Waals surface area (Å²) >= 11 is 0. The van der Waals surface area contributed by atoms with Crippen LogP contribution in [0.5, 0.6) is 0 Å². The van der Waals surface area contributed by atoms with Gasteiger partial charge in [0, 0.05) is 37.3 Å². The third-order valence-electron chi connectivity index (χ3n) is 10.8. The van der Waals surface area contributed by atoms with Gasteiger partial charge in [0.15, 0.2) is 0 Å². The topological polar surface area (TPSA) is 43.9 Å². The van der Waals surface area contributed by atoms with Gasteiger partial charge in [0.25, 0.3) is 5.91 Å². The van der Waals surface area contributed by atoms with Crippen LogP contribution in [0.1, 0.15) is 76.7 Å². The van der Waals surface area contributed by atoms with Crippen molar-refractivity contribution in [1.82, 2.24) is 14.7 Å². The molecule has 0 N–H and O–H groups in total. The van der Waals surface area contributed by atoms with Crippen molar-refractivity contribution in [1.29, 1.82) is 0 Å². The first-order valence-electron chi connectivity index (χ1n) is 17.3. The average Bonchev–Trinajstić information content (AvgIpc) is 3.66. The van der Waals surface area contributed by atoms with Crippen LogP contribution in [0.15, 0.2) is 72.8 Å². The van der Waals surface area contributed by atoms with Crippen molar-refractivity contribution in [2.24, 2.45) is 0 Å². The molecule has 5 nitrogen and oxygen atoms in total. The Kier molecular flexibility index (Phi) is 10.4. The van der Waals surface area contributed by atoms with E-state index in [-0.39, 0.29) is 37.4 Å². The van der Waals surface area contributed by atoms with Gasteiger partial charge in [0.2, 0.25) is 5.91 Å². The molecule has 52 heavy (non-hydrogen) atoms. The van der Waals surface area contributed by atoms with E-state index in [4.69, 9.17) is 0 Å². The van der Waals surface area contributed by atoms with Gasteiger partial charge in [-0.25, -0.2) is 0 Å². The van der Waals surface area contributed by atoms with Crippen LogP contribution in [0, 0.1) is 0 Å². The van der Waals surface area contributed by atoms with Gasteiger partial charge in [-0.3, -0.25) is 9.59 Å². The number of rotatable bonds is 6. The van der Waals surface area contributed by atoms with Crippen molar-refractivity contribution in [3.8, 4) is 0 Å². The summed E-state index contributed by atoms with van der Waals surface area (Å²) < 4.78 is 122. The molecule has 2 atom stereocenters. The molecule has 280 valence electrons. The number of alkyl halides is 9. The van der Waals surface area contributed by atoms with E-state index in [1.807, 2.05) is 35.2 Å². The summed E-state index contributed by atoms with van der Waals surface area (Å²) in [7, 11) is 0. The number of halogens is 9. The van der Waals surface area contributed by atoms with Crippen LogP contribution in [0.3, 0.4) is 0 Å². The molecular weight excluding hydrogens is 701 g/mol. The monoisotopic (exact) mass is 739 g/mol. The van der Waals surface area contributed by atoms with E-state index in [1.54, 1.807) is 0 Å². The Hall–Kier alpha value is -4.07. The van der Waals surface area contributed by atoms with Crippen LogP contribution in [0.4, 0.5) is 39.5 Å². The van der Waals surface area contributed by atoms with Crippen molar-refractivity contribution in [2.75, 3.05) is 32.7 Å². The third-order valence-corrected chi connectivity index (χ3v) is 10.8. The number of benzene rings is 3. The van der Waals surface area contributed by atoms with E-state index in [9.17, 15) is 49.1 Å². The minimum Gasteiger partial charge on any atom is -0.342 e. The Balaban J connectivity index is 1.27. The zero-order valence-electron chi connectivity index (χ0n) is 28.1. The molecule has 3 saturated heterocycles. The van der Waals surface area contributed by atoms with Gasteiger partial charge in [-0.1, -0.05) is 42.5 Å². The molecule has 0 spiro atoms. The average molecular weight is 740 g/mol. The first-order chi connectivity index (χ1) is 24.5. The number of hydrogen-bond acceptors (Lipinski definition) is 3. The van der Waals surface area contributed by atoms with Crippen LogP contribution in [-0.2, 0) is 35.2 Å². The van der Waals surface area contributed by atoms with Crippen LogP contribution < -0.4 is 0 Å². The molecule has 14 heteroatoms. The SMILES string of the molecule is O=C(c1cc(C(F)(F)F)cc(C(F)(F)F)c1)N1CC[C@@H](N2CCC(C(=O)N3CCCC3)(c3ccccc3)CC2)C[C@@H]1Cc1ccc(C(F)(F)F)cc1. The number of likely N-dealkylation sites (tertiary alicyclic amines) is 3. The fraction of sp³-hybridized carbons (Fsp3) is 0.474. The fourth-order valence-electron chi connectivity index (χ4n) is 8.05. The highest BCUT2D eigenvalue weighted by atomic mass is 19.4. The number of amides is 2. The Labute approximate surface area is 295 Å². The first-order valence-corrected chi connectivity index (χ1v) is 17.3. The molecule has 2 amide bonds. The predicted molar refractivity (Wildman–Crippen MR) is 174 cm³/mol. The summed E-state index contributed by atoms with van der Waals surface area (Å²) in [5.74, 6) is -0.930. The molecule has 3 aromatic carbocycles. The van der Waals surface area contributed by atoms with Crippen molar-refractivity contribution >= 4 is 11.8 Å². The molecule has 0 aromatic heterocycles. The van der Waals surface area contributed by atoms with E-state index in [1.165, 1.54) is 17.0 Å². The van der Waals surface area contributed by atoms with Crippen molar-refractivity contribution in [3.05, 3.63) is 106 Å². The number of nitrogens with zero attached hydrogens (tertiary/aromatic N) is 3. The second kappa shape index (κ2) is 14.4. The van der Waals surface area contributed by atoms with E-state index < -0.39 is 58.1 Å². The summed E-state index contributed by atoms with van der Waals surface area (Å²) in [6.45, 7) is 2.46. The lowest BCUT2D eigenvalue weighted by Gasteiger charge is -2.48. The summed E-state index contributed by atoms with van der Waals surface area (Å²) in [6, 6.07) is 13.8. The molecule has 0 aliphatic carbocycles. The number of piperidine rings is 2. The van der Waals surface area contributed by atoms with Gasteiger partial charge in [-0.05, 0) is 99.5 Å². The van der Waals surface area contributed by atoms with Crippen LogP contribution >= 0.6 is 0 Å². The Bertz CT molecular complexity index is 1690. The summed E-state index contributed by atoms with van der Waals surface area (Å²) in [5, 5.41) is 0. The van der Waals surface area contributed by atoms with Crippen molar-refractivity contribution in [3.63, 3.8) is 0 Å². The number of carbonyl (C=O) groups is 2. The van der Waals surface area contributed by atoms with Crippen molar-refractivity contribution in [2.45, 2.75) is 81.0 Å². The second-order valence-electron chi connectivity index (χ2n) is 14.0. The second-order valence-corrected chi connectivity index (χ2v) is 14.0. The largest absolute Gasteiger partial charge is 0.416 e. The molecule has 0 saturated carbocycles. The highest BCUT2D eigenvalue weighted by Gasteiger charge is 2.47. The van der Waals surface area contributed by atoms with Gasteiger partial charge in [0.05, 0.1) is 22.1 Å². The van der Waals surface area contributed by atoms with Gasteiger partial charge in [-0.15, -0.1) is 0 Å². The maximum absolute atomic E-state index is 14.0. The quantitative estimate of drug-likeness (QED) is 0.238. The van der Waals surface area contributed by atoms with Gasteiger partial charge >= 0.3 is 18.5 Å². The molecule has 0 bridgehead atoms. The number of hydrogen-bond donors (Lipinski definition) is 0. The van der Waals surface area contributed by atoms with Crippen molar-refractivity contribution < 1.29 is 49.1 Å². The molecule has 0 unspecified atom stereocenters. The minimum atomic E-state index is -5.15. The standard InChI is InChI=1S/C38H38F9N3O2/c39-36(40,41)28-10-8-25(9-11-28)20-32-24-31(12-17-50(32)33(51)26-21-29(37(42,43)44)23-30(22-26)38(45,46)47)48-18-13-35(14-19-48,27-6-2-1-3-7-27)34(52)49-15-4-5-16-49/h1-3,6-11,21-23,31-32H,4-5,12-20,24H2/t31-,32+/m1/s1. The van der Waals surface area contributed by atoms with Crippen LogP contribution in [0.25, 0.3) is 0 Å². The highest BCUT2D eigenvalue weighted by molar-refractivity contribution is 5.95. The maximum Gasteiger partial charge on any atom is 0.416 e. The highest BCUT2D eigenvalue weighted by Crippen LogP contribution is 2.41.